The Balaban J connectivity index is 1.78. The number of nitrogens with zero attached hydrogens (tertiary/aromatic N) is 1. The molecule has 1 fully saturated rings. The molecule has 1 heterocycles. The Kier molecular flexibility index (Phi) is 5.38. The van der Waals surface area contributed by atoms with Crippen molar-refractivity contribution in [1.29, 1.82) is 0 Å². The zero-order valence-corrected chi connectivity index (χ0v) is 15.4. The summed E-state index contributed by atoms with van der Waals surface area (Å²) in [6, 6.07) is 10.5. The van der Waals surface area contributed by atoms with Crippen LogP contribution in [0, 0.1) is 12.7 Å². The summed E-state index contributed by atoms with van der Waals surface area (Å²) in [5.74, 6) is -0.693. The molecule has 0 atom stereocenters. The monoisotopic (exact) mass is 376 g/mol. The Morgan fingerprint density at radius 2 is 1.77 bits per heavy atom. The number of halogens is 1. The molecule has 0 spiro atoms. The number of nitrogens with one attached hydrogen (secondary N) is 1. The van der Waals surface area contributed by atoms with Gasteiger partial charge in [0.25, 0.3) is 5.91 Å². The molecule has 26 heavy (non-hydrogen) atoms. The van der Waals surface area contributed by atoms with Gasteiger partial charge in [-0.1, -0.05) is 18.2 Å². The first-order valence-corrected chi connectivity index (χ1v) is 9.95. The van der Waals surface area contributed by atoms with Crippen molar-refractivity contribution < 1.29 is 17.6 Å². The van der Waals surface area contributed by atoms with E-state index in [0.717, 1.165) is 18.4 Å². The van der Waals surface area contributed by atoms with E-state index in [0.29, 0.717) is 24.2 Å². The maximum absolute atomic E-state index is 12.9. The standard InChI is InChI=1S/C19H21FN2O3S/c1-14-4-9-17(26(24,25)22-10-2-3-11-22)12-18(14)19(23)21-13-15-5-7-16(20)8-6-15/h4-9,12H,2-3,10-11,13H2,1H3,(H,21,23). The molecule has 3 rings (SSSR count). The molecule has 0 aliphatic carbocycles. The van der Waals surface area contributed by atoms with Crippen molar-refractivity contribution >= 4 is 15.9 Å². The molecule has 0 radical (unpaired) electrons. The number of hydrogen-bond acceptors (Lipinski definition) is 3. The minimum absolute atomic E-state index is 0.136. The van der Waals surface area contributed by atoms with Crippen LogP contribution in [-0.2, 0) is 16.6 Å². The summed E-state index contributed by atoms with van der Waals surface area (Å²) < 4.78 is 39.8. The van der Waals surface area contributed by atoms with Gasteiger partial charge >= 0.3 is 0 Å². The minimum atomic E-state index is -3.57. The largest absolute Gasteiger partial charge is 0.348 e. The predicted molar refractivity (Wildman–Crippen MR) is 96.7 cm³/mol. The molecule has 1 saturated heterocycles. The van der Waals surface area contributed by atoms with Crippen LogP contribution in [0.5, 0.6) is 0 Å². The smallest absolute Gasteiger partial charge is 0.251 e. The molecule has 138 valence electrons. The van der Waals surface area contributed by atoms with Crippen LogP contribution in [0.2, 0.25) is 0 Å². The van der Waals surface area contributed by atoms with Crippen molar-refractivity contribution in [2.45, 2.75) is 31.2 Å². The van der Waals surface area contributed by atoms with Gasteiger partial charge in [-0.05, 0) is 55.2 Å². The Labute approximate surface area is 152 Å². The van der Waals surface area contributed by atoms with Crippen LogP contribution >= 0.6 is 0 Å². The lowest BCUT2D eigenvalue weighted by Gasteiger charge is -2.17. The Hall–Kier alpha value is -2.25. The van der Waals surface area contributed by atoms with E-state index in [4.69, 9.17) is 0 Å². The first kappa shape index (κ1) is 18.5. The second kappa shape index (κ2) is 7.55. The second-order valence-corrected chi connectivity index (χ2v) is 8.33. The maximum atomic E-state index is 12.9. The summed E-state index contributed by atoms with van der Waals surface area (Å²) in [7, 11) is -3.57. The highest BCUT2D eigenvalue weighted by Crippen LogP contribution is 2.23. The molecule has 2 aromatic rings. The van der Waals surface area contributed by atoms with E-state index in [1.54, 1.807) is 31.2 Å². The number of benzene rings is 2. The van der Waals surface area contributed by atoms with Crippen LogP contribution in [0.15, 0.2) is 47.4 Å². The number of carbonyl (C=O) groups excluding carboxylic acids is 1. The zero-order chi connectivity index (χ0) is 18.7. The summed E-state index contributed by atoms with van der Waals surface area (Å²) in [6.45, 7) is 3.03. The molecule has 1 amide bonds. The molecule has 2 aromatic carbocycles. The van der Waals surface area contributed by atoms with Crippen molar-refractivity contribution in [2.24, 2.45) is 0 Å². The van der Waals surface area contributed by atoms with Gasteiger partial charge in [0, 0.05) is 25.2 Å². The average molecular weight is 376 g/mol. The van der Waals surface area contributed by atoms with E-state index < -0.39 is 10.0 Å². The van der Waals surface area contributed by atoms with Gasteiger partial charge in [0.1, 0.15) is 5.82 Å². The molecule has 5 nitrogen and oxygen atoms in total. The zero-order valence-electron chi connectivity index (χ0n) is 14.5. The van der Waals surface area contributed by atoms with Gasteiger partial charge in [0.05, 0.1) is 4.90 Å². The van der Waals surface area contributed by atoms with Gasteiger partial charge in [-0.25, -0.2) is 12.8 Å². The molecule has 0 bridgehead atoms. The van der Waals surface area contributed by atoms with E-state index in [1.807, 2.05) is 0 Å². The number of sulfonamides is 1. The van der Waals surface area contributed by atoms with Crippen LogP contribution in [0.25, 0.3) is 0 Å². The Morgan fingerprint density at radius 3 is 2.42 bits per heavy atom. The Morgan fingerprint density at radius 1 is 1.12 bits per heavy atom. The van der Waals surface area contributed by atoms with Crippen molar-refractivity contribution in [3.8, 4) is 0 Å². The molecular formula is C19H21FN2O3S. The summed E-state index contributed by atoms with van der Waals surface area (Å²) in [5.41, 5.74) is 1.78. The number of rotatable bonds is 5. The summed E-state index contributed by atoms with van der Waals surface area (Å²) >= 11 is 0. The lowest BCUT2D eigenvalue weighted by molar-refractivity contribution is 0.0950. The van der Waals surface area contributed by atoms with Gasteiger partial charge < -0.3 is 5.32 Å². The maximum Gasteiger partial charge on any atom is 0.251 e. The molecule has 0 saturated carbocycles. The van der Waals surface area contributed by atoms with Crippen molar-refractivity contribution in [2.75, 3.05) is 13.1 Å². The highest BCUT2D eigenvalue weighted by Gasteiger charge is 2.28. The summed E-state index contributed by atoms with van der Waals surface area (Å²) in [4.78, 5) is 12.6. The lowest BCUT2D eigenvalue weighted by Crippen LogP contribution is -2.29. The molecule has 7 heteroatoms. The van der Waals surface area contributed by atoms with E-state index in [9.17, 15) is 17.6 Å². The number of hydrogen-bond donors (Lipinski definition) is 1. The fraction of sp³-hybridized carbons (Fsp3) is 0.316. The van der Waals surface area contributed by atoms with Crippen LogP contribution in [0.1, 0.15) is 34.3 Å². The van der Waals surface area contributed by atoms with Gasteiger partial charge in [-0.2, -0.15) is 4.31 Å². The van der Waals surface area contributed by atoms with E-state index >= 15 is 0 Å². The lowest BCUT2D eigenvalue weighted by atomic mass is 10.1. The first-order valence-electron chi connectivity index (χ1n) is 8.51. The van der Waals surface area contributed by atoms with Gasteiger partial charge in [0.2, 0.25) is 10.0 Å². The van der Waals surface area contributed by atoms with Crippen LogP contribution in [0.4, 0.5) is 4.39 Å². The number of amides is 1. The second-order valence-electron chi connectivity index (χ2n) is 6.40. The average Bonchev–Trinajstić information content (AvgIpc) is 3.17. The summed E-state index contributed by atoms with van der Waals surface area (Å²) in [6.07, 6.45) is 1.71. The third kappa shape index (κ3) is 3.94. The molecule has 1 N–H and O–H groups in total. The fourth-order valence-electron chi connectivity index (χ4n) is 2.96. The third-order valence-electron chi connectivity index (χ3n) is 4.52. The molecule has 0 aromatic heterocycles. The van der Waals surface area contributed by atoms with Crippen molar-refractivity contribution in [3.63, 3.8) is 0 Å². The van der Waals surface area contributed by atoms with E-state index in [2.05, 4.69) is 5.32 Å². The van der Waals surface area contributed by atoms with Crippen molar-refractivity contribution in [3.05, 3.63) is 65.0 Å². The minimum Gasteiger partial charge on any atom is -0.348 e. The number of carbonyl (C=O) groups is 1. The van der Waals surface area contributed by atoms with E-state index in [1.165, 1.54) is 22.5 Å². The SMILES string of the molecule is Cc1ccc(S(=O)(=O)N2CCCC2)cc1C(=O)NCc1ccc(F)cc1. The predicted octanol–water partition coefficient (Wildman–Crippen LogP) is 2.85. The normalized spacial score (nSPS) is 15.2. The molecular weight excluding hydrogens is 355 g/mol. The van der Waals surface area contributed by atoms with Gasteiger partial charge in [-0.3, -0.25) is 4.79 Å². The van der Waals surface area contributed by atoms with E-state index in [-0.39, 0.29) is 23.2 Å². The third-order valence-corrected chi connectivity index (χ3v) is 6.42. The number of aryl methyl sites for hydroxylation is 1. The topological polar surface area (TPSA) is 66.5 Å². The van der Waals surface area contributed by atoms with Crippen LogP contribution in [0.3, 0.4) is 0 Å². The summed E-state index contributed by atoms with van der Waals surface area (Å²) in [5, 5.41) is 2.75. The molecule has 1 aliphatic heterocycles. The molecule has 0 unspecified atom stereocenters. The van der Waals surface area contributed by atoms with Crippen LogP contribution in [-0.4, -0.2) is 31.7 Å². The van der Waals surface area contributed by atoms with Gasteiger partial charge in [0.15, 0.2) is 0 Å². The highest BCUT2D eigenvalue weighted by atomic mass is 32.2. The highest BCUT2D eigenvalue weighted by molar-refractivity contribution is 7.89. The van der Waals surface area contributed by atoms with Crippen LogP contribution < -0.4 is 5.32 Å². The Bertz CT molecular complexity index is 905. The quantitative estimate of drug-likeness (QED) is 0.873. The fourth-order valence-corrected chi connectivity index (χ4v) is 4.51. The molecule has 1 aliphatic rings. The van der Waals surface area contributed by atoms with Crippen molar-refractivity contribution in [1.82, 2.24) is 9.62 Å². The van der Waals surface area contributed by atoms with Gasteiger partial charge in [-0.15, -0.1) is 0 Å². The first-order chi connectivity index (χ1) is 12.4.